The van der Waals surface area contributed by atoms with Gasteiger partial charge in [-0.1, -0.05) is 71.9 Å². The van der Waals surface area contributed by atoms with Crippen LogP contribution in [0.1, 0.15) is 34.1 Å². The second kappa shape index (κ2) is 9.84. The molecule has 5 rings (SSSR count). The lowest BCUT2D eigenvalue weighted by atomic mass is 10.0. The third-order valence-corrected chi connectivity index (χ3v) is 7.18. The van der Waals surface area contributed by atoms with Gasteiger partial charge in [0.25, 0.3) is 0 Å². The zero-order valence-corrected chi connectivity index (χ0v) is 20.7. The average Bonchev–Trinajstić information content (AvgIpc) is 3.27. The Kier molecular flexibility index (Phi) is 6.46. The maximum absolute atomic E-state index is 13.6. The van der Waals surface area contributed by atoms with E-state index in [-0.39, 0.29) is 18.6 Å². The largest absolute Gasteiger partial charge is 0.486 e. The molecule has 1 aliphatic rings. The number of ether oxygens (including phenoxy) is 1. The van der Waals surface area contributed by atoms with E-state index in [4.69, 9.17) is 4.74 Å². The van der Waals surface area contributed by atoms with Gasteiger partial charge in [0.15, 0.2) is 5.82 Å². The van der Waals surface area contributed by atoms with Gasteiger partial charge >= 0.3 is 0 Å². The van der Waals surface area contributed by atoms with E-state index in [0.29, 0.717) is 11.0 Å². The van der Waals surface area contributed by atoms with Crippen molar-refractivity contribution >= 4 is 23.4 Å². The summed E-state index contributed by atoms with van der Waals surface area (Å²) in [6, 6.07) is 23.6. The number of benzene rings is 3. The molecule has 3 aromatic carbocycles. The fraction of sp³-hybridized carbons (Fsp3) is 0.222. The number of carbonyl (C=O) groups is 1. The Balaban J connectivity index is 1.43. The van der Waals surface area contributed by atoms with Gasteiger partial charge in [0.05, 0.1) is 6.04 Å². The quantitative estimate of drug-likeness (QED) is 0.392. The Morgan fingerprint density at radius 1 is 1.00 bits per heavy atom. The summed E-state index contributed by atoms with van der Waals surface area (Å²) >= 11 is 1.40. The highest BCUT2D eigenvalue weighted by atomic mass is 32.2. The van der Waals surface area contributed by atoms with Gasteiger partial charge in [-0.3, -0.25) is 4.79 Å². The summed E-state index contributed by atoms with van der Waals surface area (Å²) in [5.74, 6) is 1.31. The molecule has 0 spiro atoms. The van der Waals surface area contributed by atoms with E-state index in [1.54, 1.807) is 0 Å². The van der Waals surface area contributed by atoms with E-state index in [2.05, 4.69) is 52.1 Å². The number of para-hydroxylation sites is 1. The van der Waals surface area contributed by atoms with Crippen LogP contribution in [-0.4, -0.2) is 26.0 Å². The number of hydrogen-bond donors (Lipinski definition) is 2. The number of thioether (sulfide) groups is 1. The van der Waals surface area contributed by atoms with Crippen molar-refractivity contribution in [1.82, 2.24) is 14.9 Å². The summed E-state index contributed by atoms with van der Waals surface area (Å²) in [6.45, 7) is 6.32. The van der Waals surface area contributed by atoms with E-state index in [1.807, 2.05) is 67.1 Å². The van der Waals surface area contributed by atoms with Gasteiger partial charge in [-0.15, -0.1) is 10.2 Å². The number of fused-ring (bicyclic) bond motifs is 1. The molecule has 2 heterocycles. The second-order valence-electron chi connectivity index (χ2n) is 8.70. The number of nitrogens with one attached hydrogen (secondary N) is 2. The Hall–Kier alpha value is -3.78. The lowest BCUT2D eigenvalue weighted by molar-refractivity contribution is -0.116. The highest BCUT2D eigenvalue weighted by Gasteiger charge is 2.38. The van der Waals surface area contributed by atoms with E-state index >= 15 is 0 Å². The predicted octanol–water partition coefficient (Wildman–Crippen LogP) is 5.18. The van der Waals surface area contributed by atoms with Crippen LogP contribution in [0.5, 0.6) is 5.75 Å². The molecule has 0 radical (unpaired) electrons. The number of aromatic nitrogens is 3. The minimum atomic E-state index is -0.447. The highest BCUT2D eigenvalue weighted by Crippen LogP contribution is 2.38. The van der Waals surface area contributed by atoms with Crippen LogP contribution in [-0.2, 0) is 11.4 Å². The molecule has 0 bridgehead atoms. The van der Waals surface area contributed by atoms with Crippen LogP contribution in [0.2, 0.25) is 0 Å². The Labute approximate surface area is 208 Å². The fourth-order valence-corrected chi connectivity index (χ4v) is 5.05. The molecule has 2 N–H and O–H groups in total. The summed E-state index contributed by atoms with van der Waals surface area (Å²) in [5.41, 5.74) is 8.60. The number of anilines is 1. The fourth-order valence-electron chi connectivity index (χ4n) is 3.96. The molecule has 0 fully saturated rings. The summed E-state index contributed by atoms with van der Waals surface area (Å²) < 4.78 is 7.73. The summed E-state index contributed by atoms with van der Waals surface area (Å²) in [5, 5.41) is 12.0. The number of hydrogen-bond acceptors (Lipinski definition) is 6. The van der Waals surface area contributed by atoms with Crippen LogP contribution in [0.15, 0.2) is 78.0 Å². The predicted molar refractivity (Wildman–Crippen MR) is 138 cm³/mol. The molecule has 1 aliphatic heterocycles. The molecule has 0 unspecified atom stereocenters. The summed E-state index contributed by atoms with van der Waals surface area (Å²) in [4.78, 5) is 13.6. The van der Waals surface area contributed by atoms with Crippen LogP contribution in [0.3, 0.4) is 0 Å². The smallest absolute Gasteiger partial charge is 0.240 e. The first kappa shape index (κ1) is 23.0. The molecule has 0 saturated carbocycles. The molecule has 7 nitrogen and oxygen atoms in total. The molecular formula is C27H27N5O2S. The number of carbonyl (C=O) groups excluding carboxylic acids is 1. The van der Waals surface area contributed by atoms with Crippen LogP contribution in [0, 0.1) is 20.8 Å². The van der Waals surface area contributed by atoms with Gasteiger partial charge < -0.3 is 15.5 Å². The molecule has 178 valence electrons. The van der Waals surface area contributed by atoms with Crippen LogP contribution in [0.25, 0.3) is 0 Å². The van der Waals surface area contributed by atoms with Crippen molar-refractivity contribution in [3.05, 3.63) is 101 Å². The first-order chi connectivity index (χ1) is 17.0. The first-order valence-corrected chi connectivity index (χ1v) is 12.4. The van der Waals surface area contributed by atoms with Crippen molar-refractivity contribution in [2.45, 2.75) is 43.8 Å². The van der Waals surface area contributed by atoms with E-state index in [1.165, 1.54) is 11.8 Å². The van der Waals surface area contributed by atoms with E-state index in [0.717, 1.165) is 33.7 Å². The number of rotatable bonds is 6. The summed E-state index contributed by atoms with van der Waals surface area (Å²) in [6.07, 6.45) is 0. The van der Waals surface area contributed by atoms with Gasteiger partial charge in [0.2, 0.25) is 11.1 Å². The molecular weight excluding hydrogens is 458 g/mol. The van der Waals surface area contributed by atoms with Gasteiger partial charge in [0.1, 0.15) is 17.6 Å². The Morgan fingerprint density at radius 3 is 2.51 bits per heavy atom. The van der Waals surface area contributed by atoms with E-state index < -0.39 is 5.25 Å². The minimum Gasteiger partial charge on any atom is -0.486 e. The monoisotopic (exact) mass is 485 g/mol. The van der Waals surface area contributed by atoms with Crippen LogP contribution in [0.4, 0.5) is 5.69 Å². The third kappa shape index (κ3) is 5.02. The molecule has 2 atom stereocenters. The van der Waals surface area contributed by atoms with Crippen molar-refractivity contribution in [2.75, 3.05) is 10.7 Å². The van der Waals surface area contributed by atoms with Crippen molar-refractivity contribution in [2.24, 2.45) is 0 Å². The highest BCUT2D eigenvalue weighted by molar-refractivity contribution is 8.00. The van der Waals surface area contributed by atoms with Crippen LogP contribution < -0.4 is 15.5 Å². The molecule has 4 aromatic rings. The topological polar surface area (TPSA) is 81.1 Å². The van der Waals surface area contributed by atoms with Crippen molar-refractivity contribution < 1.29 is 9.53 Å². The van der Waals surface area contributed by atoms with Gasteiger partial charge in [0, 0.05) is 5.69 Å². The maximum Gasteiger partial charge on any atom is 0.240 e. The third-order valence-electron chi connectivity index (χ3n) is 5.96. The number of amides is 1. The SMILES string of the molecule is Cc1ccc([C@H]2Nn3c(COc4ccccc4)nnc3S[C@@H]2C(=O)Nc2cc(C)ccc2C)cc1. The summed E-state index contributed by atoms with van der Waals surface area (Å²) in [7, 11) is 0. The van der Waals surface area contributed by atoms with Crippen LogP contribution >= 0.6 is 11.8 Å². The molecule has 0 saturated heterocycles. The zero-order chi connectivity index (χ0) is 24.4. The maximum atomic E-state index is 13.6. The first-order valence-electron chi connectivity index (χ1n) is 11.5. The van der Waals surface area contributed by atoms with Crippen molar-refractivity contribution in [1.29, 1.82) is 0 Å². The minimum absolute atomic E-state index is 0.0851. The van der Waals surface area contributed by atoms with Crippen molar-refractivity contribution in [3.63, 3.8) is 0 Å². The molecule has 0 aliphatic carbocycles. The molecule has 8 heteroatoms. The molecule has 1 amide bonds. The number of nitrogens with zero attached hydrogens (tertiary/aromatic N) is 3. The Bertz CT molecular complexity index is 1340. The van der Waals surface area contributed by atoms with E-state index in [9.17, 15) is 4.79 Å². The zero-order valence-electron chi connectivity index (χ0n) is 19.9. The van der Waals surface area contributed by atoms with Crippen molar-refractivity contribution in [3.8, 4) is 5.75 Å². The number of aryl methyl sites for hydroxylation is 3. The average molecular weight is 486 g/mol. The van der Waals surface area contributed by atoms with Gasteiger partial charge in [-0.2, -0.15) is 0 Å². The Morgan fingerprint density at radius 2 is 1.74 bits per heavy atom. The normalized spacial score (nSPS) is 16.8. The standard InChI is InChI=1S/C27H27N5O2S/c1-17-10-13-20(14-11-17)24-25(26(33)28-22-15-18(2)9-12-19(22)3)35-27-30-29-23(32(27)31-24)16-34-21-7-5-4-6-8-21/h4-15,24-25,31H,16H2,1-3H3,(H,28,33)/t24-,25+/m1/s1. The molecule has 35 heavy (non-hydrogen) atoms. The lowest BCUT2D eigenvalue weighted by Crippen LogP contribution is -2.41. The van der Waals surface area contributed by atoms with Gasteiger partial charge in [-0.25, -0.2) is 4.68 Å². The second-order valence-corrected chi connectivity index (χ2v) is 9.81. The molecule has 1 aromatic heterocycles. The lowest BCUT2D eigenvalue weighted by Gasteiger charge is -2.33. The van der Waals surface area contributed by atoms with Gasteiger partial charge in [-0.05, 0) is 55.7 Å².